The molecule has 1 aliphatic heterocycles. The van der Waals surface area contributed by atoms with Gasteiger partial charge in [-0.25, -0.2) is 8.42 Å². The van der Waals surface area contributed by atoms with E-state index in [1.54, 1.807) is 17.0 Å². The van der Waals surface area contributed by atoms with Gasteiger partial charge >= 0.3 is 0 Å². The van der Waals surface area contributed by atoms with Gasteiger partial charge < -0.3 is 4.90 Å². The summed E-state index contributed by atoms with van der Waals surface area (Å²) in [6, 6.07) is 13.7. The molecule has 5 nitrogen and oxygen atoms in total. The summed E-state index contributed by atoms with van der Waals surface area (Å²) in [6.07, 6.45) is 0.702. The van der Waals surface area contributed by atoms with Gasteiger partial charge in [-0.2, -0.15) is 0 Å². The third-order valence-corrected chi connectivity index (χ3v) is 6.80. The molecule has 0 fully saturated rings. The number of carbonyl (C=O) groups is 1. The molecule has 0 saturated carbocycles. The predicted molar refractivity (Wildman–Crippen MR) is 103 cm³/mol. The second kappa shape index (κ2) is 7.11. The largest absolute Gasteiger partial charge is 0.339 e. The molecule has 3 rings (SSSR count). The van der Waals surface area contributed by atoms with E-state index >= 15 is 0 Å². The minimum Gasteiger partial charge on any atom is -0.339 e. The Morgan fingerprint density at radius 2 is 1.69 bits per heavy atom. The fraction of sp³-hybridized carbons (Fsp3) is 0.350. The summed E-state index contributed by atoms with van der Waals surface area (Å²) >= 11 is 0. The summed E-state index contributed by atoms with van der Waals surface area (Å²) in [7, 11) is -3.67. The van der Waals surface area contributed by atoms with Crippen LogP contribution in [-0.2, 0) is 16.4 Å². The number of anilines is 1. The summed E-state index contributed by atoms with van der Waals surface area (Å²) in [6.45, 7) is 7.00. The maximum Gasteiger partial charge on any atom is 0.264 e. The van der Waals surface area contributed by atoms with E-state index in [9.17, 15) is 13.2 Å². The highest BCUT2D eigenvalue weighted by molar-refractivity contribution is 7.92. The van der Waals surface area contributed by atoms with Gasteiger partial charge in [-0.3, -0.25) is 9.10 Å². The average Bonchev–Trinajstić information content (AvgIpc) is 2.99. The van der Waals surface area contributed by atoms with Gasteiger partial charge in [0.25, 0.3) is 15.9 Å². The third-order valence-electron chi connectivity index (χ3n) is 4.85. The van der Waals surface area contributed by atoms with E-state index in [1.165, 1.54) is 16.4 Å². The van der Waals surface area contributed by atoms with Crippen molar-refractivity contribution < 1.29 is 13.2 Å². The van der Waals surface area contributed by atoms with E-state index in [-0.39, 0.29) is 16.8 Å². The molecule has 0 N–H and O–H groups in total. The Labute approximate surface area is 155 Å². The molecular weight excluding hydrogens is 348 g/mol. The van der Waals surface area contributed by atoms with Gasteiger partial charge in [0, 0.05) is 24.7 Å². The number of nitrogens with zero attached hydrogens (tertiary/aromatic N) is 2. The Morgan fingerprint density at radius 1 is 1.08 bits per heavy atom. The SMILES string of the molecule is CCN(CC)C(=O)c1ccc(S(=O)(=O)N2c3ccccc3CC2C)cc1. The molecule has 0 spiro atoms. The molecular formula is C20H24N2O3S. The average molecular weight is 372 g/mol. The Bertz CT molecular complexity index is 903. The molecule has 6 heteroatoms. The fourth-order valence-corrected chi connectivity index (χ4v) is 5.17. The van der Waals surface area contributed by atoms with Crippen LogP contribution in [0.2, 0.25) is 0 Å². The second-order valence-electron chi connectivity index (χ2n) is 6.48. The van der Waals surface area contributed by atoms with Crippen molar-refractivity contribution in [3.05, 3.63) is 59.7 Å². The molecule has 1 aliphatic rings. The molecule has 26 heavy (non-hydrogen) atoms. The maximum absolute atomic E-state index is 13.2. The standard InChI is InChI=1S/C20H24N2O3S/c1-4-21(5-2)20(23)16-10-12-18(13-11-16)26(24,25)22-15(3)14-17-8-6-7-9-19(17)22/h6-13,15H,4-5,14H2,1-3H3. The Kier molecular flexibility index (Phi) is 5.05. The maximum atomic E-state index is 13.2. The highest BCUT2D eigenvalue weighted by Crippen LogP contribution is 2.36. The van der Waals surface area contributed by atoms with Crippen molar-refractivity contribution in [2.24, 2.45) is 0 Å². The van der Waals surface area contributed by atoms with Crippen LogP contribution in [-0.4, -0.2) is 38.4 Å². The lowest BCUT2D eigenvalue weighted by Gasteiger charge is -2.24. The number of para-hydroxylation sites is 1. The monoisotopic (exact) mass is 372 g/mol. The predicted octanol–water partition coefficient (Wildman–Crippen LogP) is 3.31. The molecule has 1 heterocycles. The van der Waals surface area contributed by atoms with Crippen LogP contribution < -0.4 is 4.31 Å². The number of benzene rings is 2. The smallest absolute Gasteiger partial charge is 0.264 e. The molecule has 0 aromatic heterocycles. The van der Waals surface area contributed by atoms with E-state index in [4.69, 9.17) is 0 Å². The lowest BCUT2D eigenvalue weighted by atomic mass is 10.1. The van der Waals surface area contributed by atoms with Crippen LogP contribution in [0.25, 0.3) is 0 Å². The number of amides is 1. The van der Waals surface area contributed by atoms with Gasteiger partial charge in [-0.05, 0) is 63.1 Å². The van der Waals surface area contributed by atoms with Gasteiger partial charge in [0.05, 0.1) is 10.6 Å². The molecule has 0 bridgehead atoms. The third kappa shape index (κ3) is 3.09. The minimum absolute atomic E-state index is 0.0844. The molecule has 138 valence electrons. The van der Waals surface area contributed by atoms with Crippen LogP contribution >= 0.6 is 0 Å². The second-order valence-corrected chi connectivity index (χ2v) is 8.30. The fourth-order valence-electron chi connectivity index (χ4n) is 3.48. The molecule has 0 radical (unpaired) electrons. The quantitative estimate of drug-likeness (QED) is 0.809. The van der Waals surface area contributed by atoms with E-state index < -0.39 is 10.0 Å². The van der Waals surface area contributed by atoms with Crippen LogP contribution in [0.1, 0.15) is 36.7 Å². The zero-order chi connectivity index (χ0) is 18.9. The van der Waals surface area contributed by atoms with Crippen molar-refractivity contribution in [1.29, 1.82) is 0 Å². The molecule has 2 aromatic carbocycles. The Morgan fingerprint density at radius 3 is 2.31 bits per heavy atom. The first kappa shape index (κ1) is 18.5. The van der Waals surface area contributed by atoms with Gasteiger partial charge in [0.1, 0.15) is 0 Å². The topological polar surface area (TPSA) is 57.7 Å². The number of hydrogen-bond donors (Lipinski definition) is 0. The molecule has 0 aliphatic carbocycles. The Hall–Kier alpha value is -2.34. The molecule has 0 saturated heterocycles. The first-order valence-electron chi connectivity index (χ1n) is 8.91. The van der Waals surface area contributed by atoms with Gasteiger partial charge in [0.15, 0.2) is 0 Å². The van der Waals surface area contributed by atoms with Gasteiger partial charge in [-0.15, -0.1) is 0 Å². The number of sulfonamides is 1. The zero-order valence-electron chi connectivity index (χ0n) is 15.3. The highest BCUT2D eigenvalue weighted by Gasteiger charge is 2.35. The first-order valence-corrected chi connectivity index (χ1v) is 10.4. The normalized spacial score (nSPS) is 16.4. The Balaban J connectivity index is 1.93. The molecule has 1 atom stereocenters. The first-order chi connectivity index (χ1) is 12.4. The van der Waals surface area contributed by atoms with Crippen LogP contribution in [0.4, 0.5) is 5.69 Å². The molecule has 2 aromatic rings. The molecule has 1 amide bonds. The number of fused-ring (bicyclic) bond motifs is 1. The van der Waals surface area contributed by atoms with E-state index in [2.05, 4.69) is 0 Å². The van der Waals surface area contributed by atoms with E-state index in [1.807, 2.05) is 45.0 Å². The number of rotatable bonds is 5. The summed E-state index contributed by atoms with van der Waals surface area (Å²) in [5.41, 5.74) is 2.28. The number of carbonyl (C=O) groups excluding carboxylic acids is 1. The van der Waals surface area contributed by atoms with Crippen LogP contribution in [0.15, 0.2) is 53.4 Å². The minimum atomic E-state index is -3.67. The van der Waals surface area contributed by atoms with Crippen molar-refractivity contribution in [2.45, 2.75) is 38.1 Å². The summed E-state index contributed by atoms with van der Waals surface area (Å²) in [4.78, 5) is 14.3. The van der Waals surface area contributed by atoms with Gasteiger partial charge in [-0.1, -0.05) is 18.2 Å². The molecule has 1 unspecified atom stereocenters. The zero-order valence-corrected chi connectivity index (χ0v) is 16.2. The lowest BCUT2D eigenvalue weighted by Crippen LogP contribution is -2.35. The highest BCUT2D eigenvalue weighted by atomic mass is 32.2. The van der Waals surface area contributed by atoms with Crippen molar-refractivity contribution >= 4 is 21.6 Å². The van der Waals surface area contributed by atoms with Crippen LogP contribution in [0.5, 0.6) is 0 Å². The van der Waals surface area contributed by atoms with Crippen molar-refractivity contribution in [3.8, 4) is 0 Å². The van der Waals surface area contributed by atoms with E-state index in [0.29, 0.717) is 25.1 Å². The number of hydrogen-bond acceptors (Lipinski definition) is 3. The van der Waals surface area contributed by atoms with E-state index in [0.717, 1.165) is 11.3 Å². The summed E-state index contributed by atoms with van der Waals surface area (Å²) in [5, 5.41) is 0. The summed E-state index contributed by atoms with van der Waals surface area (Å²) < 4.78 is 27.8. The van der Waals surface area contributed by atoms with Crippen molar-refractivity contribution in [2.75, 3.05) is 17.4 Å². The van der Waals surface area contributed by atoms with Crippen molar-refractivity contribution in [1.82, 2.24) is 4.90 Å². The van der Waals surface area contributed by atoms with Gasteiger partial charge in [0.2, 0.25) is 0 Å². The van der Waals surface area contributed by atoms with Crippen molar-refractivity contribution in [3.63, 3.8) is 0 Å². The lowest BCUT2D eigenvalue weighted by molar-refractivity contribution is 0.0773. The van der Waals surface area contributed by atoms with Crippen LogP contribution in [0.3, 0.4) is 0 Å². The van der Waals surface area contributed by atoms with Crippen LogP contribution in [0, 0.1) is 0 Å². The summed E-state index contributed by atoms with van der Waals surface area (Å²) in [5.74, 6) is -0.0844.